The molecule has 0 saturated carbocycles. The van der Waals surface area contributed by atoms with Gasteiger partial charge in [0.25, 0.3) is 0 Å². The Morgan fingerprint density at radius 1 is 0.469 bits per heavy atom. The zero-order valence-electron chi connectivity index (χ0n) is 60.4. The molecule has 17 atom stereocenters. The third kappa shape index (κ3) is 31.9. The Hall–Kier alpha value is -4.34. The van der Waals surface area contributed by atoms with E-state index in [1.54, 1.807) is 105 Å². The third-order valence-corrected chi connectivity index (χ3v) is 20.0. The summed E-state index contributed by atoms with van der Waals surface area (Å²) in [7, 11) is -5.26. The highest BCUT2D eigenvalue weighted by Crippen LogP contribution is 2.38. The lowest BCUT2D eigenvalue weighted by atomic mass is 9.88. The quantitative estimate of drug-likeness (QED) is 0.0183. The van der Waals surface area contributed by atoms with Crippen molar-refractivity contribution in [3.05, 3.63) is 108 Å². The van der Waals surface area contributed by atoms with E-state index in [1.165, 1.54) is 96.3 Å². The van der Waals surface area contributed by atoms with E-state index in [1.807, 2.05) is 0 Å². The molecular weight excluding hydrogens is 1240 g/mol. The van der Waals surface area contributed by atoms with Crippen LogP contribution >= 0.6 is 0 Å². The van der Waals surface area contributed by atoms with Crippen LogP contribution in [0.5, 0.6) is 0 Å². The molecular formula is C78H123O17S-. The topological polar surface area (TPSA) is 221 Å². The minimum absolute atomic E-state index is 0.0474. The molecule has 3 aromatic carbocycles. The summed E-state index contributed by atoms with van der Waals surface area (Å²) in [6.07, 6.45) is 12.7. The van der Waals surface area contributed by atoms with Crippen LogP contribution in [0.3, 0.4) is 0 Å². The van der Waals surface area contributed by atoms with Gasteiger partial charge in [-0.1, -0.05) is 253 Å². The van der Waals surface area contributed by atoms with Crippen molar-refractivity contribution in [1.29, 1.82) is 0 Å². The second-order valence-corrected chi connectivity index (χ2v) is 30.6. The SMILES string of the molecule is CC(C)CCCC(C)CCCC(C)CCCC(C)CCOCC(CO[C@@H]1OC(COC(=O)c2ccccc2)[C@@H](O[C@@H]2OC(COS(=O)(=O)[O-])[C@H](O)[C@H](C)C2OC(=O)c2ccccc2)[C@H](C)C1OC(=O)c1ccccc1)OCCC(C)CCCC(C)CCCC(C)CCCC(C)C. The van der Waals surface area contributed by atoms with E-state index in [0.29, 0.717) is 36.9 Å². The molecule has 17 nitrogen and oxygen atoms in total. The van der Waals surface area contributed by atoms with Crippen molar-refractivity contribution in [2.45, 2.75) is 267 Å². The molecule has 0 aromatic heterocycles. The molecule has 96 heavy (non-hydrogen) atoms. The molecule has 0 bridgehead atoms. The Bertz CT molecular complexity index is 2680. The van der Waals surface area contributed by atoms with Crippen LogP contribution in [-0.4, -0.2) is 131 Å². The smallest absolute Gasteiger partial charge is 0.338 e. The van der Waals surface area contributed by atoms with Gasteiger partial charge in [0.1, 0.15) is 24.9 Å². The van der Waals surface area contributed by atoms with Crippen LogP contribution in [0.1, 0.15) is 243 Å². The third-order valence-electron chi connectivity index (χ3n) is 19.6. The fourth-order valence-corrected chi connectivity index (χ4v) is 13.4. The van der Waals surface area contributed by atoms with E-state index >= 15 is 0 Å². The summed E-state index contributed by atoms with van der Waals surface area (Å²) in [6, 6.07) is 24.9. The van der Waals surface area contributed by atoms with Crippen molar-refractivity contribution in [3.63, 3.8) is 0 Å². The van der Waals surface area contributed by atoms with Gasteiger partial charge in [-0.25, -0.2) is 22.8 Å². The number of benzene rings is 3. The molecule has 1 N–H and O–H groups in total. The summed E-state index contributed by atoms with van der Waals surface area (Å²) < 4.78 is 98.1. The molecule has 544 valence electrons. The maximum atomic E-state index is 14.3. The fourth-order valence-electron chi connectivity index (χ4n) is 13.1. The van der Waals surface area contributed by atoms with Gasteiger partial charge in [0, 0.05) is 25.0 Å². The first-order chi connectivity index (χ1) is 45.9. The zero-order valence-corrected chi connectivity index (χ0v) is 61.2. The molecule has 0 radical (unpaired) electrons. The number of aliphatic hydroxyl groups excluding tert-OH is 1. The summed E-state index contributed by atoms with van der Waals surface area (Å²) in [5.41, 5.74) is 0.687. The number of rotatable bonds is 48. The average molecular weight is 1360 g/mol. The molecule has 2 aliphatic heterocycles. The van der Waals surface area contributed by atoms with Gasteiger partial charge < -0.3 is 52.3 Å². The van der Waals surface area contributed by atoms with E-state index in [9.17, 15) is 32.5 Å². The maximum Gasteiger partial charge on any atom is 0.338 e. The molecule has 2 fully saturated rings. The summed E-state index contributed by atoms with van der Waals surface area (Å²) >= 11 is 0. The van der Waals surface area contributed by atoms with Gasteiger partial charge in [-0.05, 0) is 96.6 Å². The van der Waals surface area contributed by atoms with Crippen LogP contribution in [0.15, 0.2) is 91.0 Å². The van der Waals surface area contributed by atoms with Gasteiger partial charge >= 0.3 is 17.9 Å². The van der Waals surface area contributed by atoms with Crippen molar-refractivity contribution >= 4 is 28.3 Å². The lowest BCUT2D eigenvalue weighted by Crippen LogP contribution is -2.62. The Morgan fingerprint density at radius 2 is 0.854 bits per heavy atom. The molecule has 11 unspecified atom stereocenters. The van der Waals surface area contributed by atoms with Crippen molar-refractivity contribution in [3.8, 4) is 0 Å². The molecule has 2 saturated heterocycles. The Morgan fingerprint density at radius 3 is 1.28 bits per heavy atom. The molecule has 3 aromatic rings. The number of esters is 3. The Kier molecular flexibility index (Phi) is 38.4. The predicted octanol–water partition coefficient (Wildman–Crippen LogP) is 16.6. The van der Waals surface area contributed by atoms with Gasteiger partial charge in [-0.3, -0.25) is 4.18 Å². The predicted molar refractivity (Wildman–Crippen MR) is 374 cm³/mol. The summed E-state index contributed by atoms with van der Waals surface area (Å²) in [6.45, 7) is 26.5. The van der Waals surface area contributed by atoms with Crippen molar-refractivity contribution in [2.24, 2.45) is 59.2 Å². The van der Waals surface area contributed by atoms with Crippen LogP contribution in [-0.2, 0) is 57.2 Å². The normalized spacial score (nSPS) is 23.8. The lowest BCUT2D eigenvalue weighted by Gasteiger charge is -2.48. The Balaban J connectivity index is 1.35. The Labute approximate surface area is 578 Å². The van der Waals surface area contributed by atoms with E-state index < -0.39 is 109 Å². The second-order valence-electron chi connectivity index (χ2n) is 29.5. The summed E-state index contributed by atoms with van der Waals surface area (Å²) in [4.78, 5) is 41.8. The highest BCUT2D eigenvalue weighted by molar-refractivity contribution is 7.80. The van der Waals surface area contributed by atoms with Crippen LogP contribution in [0, 0.1) is 59.2 Å². The maximum absolute atomic E-state index is 14.3. The van der Waals surface area contributed by atoms with Gasteiger partial charge in [0.2, 0.25) is 10.4 Å². The second kappa shape index (κ2) is 44.7. The van der Waals surface area contributed by atoms with Crippen LogP contribution in [0.2, 0.25) is 0 Å². The molecule has 0 spiro atoms. The summed E-state index contributed by atoms with van der Waals surface area (Å²) in [5.74, 6) is 1.28. The number of carbonyl (C=O) groups is 3. The van der Waals surface area contributed by atoms with Gasteiger partial charge in [-0.2, -0.15) is 0 Å². The van der Waals surface area contributed by atoms with Gasteiger partial charge in [0.05, 0.1) is 48.7 Å². The van der Waals surface area contributed by atoms with E-state index in [2.05, 4.69) is 73.4 Å². The first kappa shape index (κ1) is 82.3. The van der Waals surface area contributed by atoms with Crippen LogP contribution in [0.4, 0.5) is 0 Å². The molecule has 0 amide bonds. The minimum Gasteiger partial charge on any atom is -0.726 e. The highest BCUT2D eigenvalue weighted by Gasteiger charge is 2.53. The first-order valence-corrected chi connectivity index (χ1v) is 38.0. The summed E-state index contributed by atoms with van der Waals surface area (Å²) in [5, 5.41) is 11.5. The lowest BCUT2D eigenvalue weighted by molar-refractivity contribution is -0.347. The number of ether oxygens (including phenoxy) is 9. The molecule has 2 aliphatic rings. The number of hydrogen-bond acceptors (Lipinski definition) is 17. The molecule has 18 heteroatoms. The van der Waals surface area contributed by atoms with Crippen LogP contribution in [0.25, 0.3) is 0 Å². The van der Waals surface area contributed by atoms with Crippen LogP contribution < -0.4 is 0 Å². The zero-order chi connectivity index (χ0) is 70.0. The average Bonchev–Trinajstić information content (AvgIpc) is 0.778. The van der Waals surface area contributed by atoms with E-state index in [0.717, 1.165) is 55.8 Å². The molecule has 5 rings (SSSR count). The first-order valence-electron chi connectivity index (χ1n) is 36.7. The number of carbonyl (C=O) groups excluding carboxylic acids is 3. The van der Waals surface area contributed by atoms with Gasteiger partial charge in [-0.15, -0.1) is 0 Å². The van der Waals surface area contributed by atoms with Crippen molar-refractivity contribution in [1.82, 2.24) is 0 Å². The fraction of sp³-hybridized carbons (Fsp3) is 0.731. The minimum atomic E-state index is -5.26. The van der Waals surface area contributed by atoms with E-state index in [-0.39, 0.29) is 29.9 Å². The number of aliphatic hydroxyl groups is 1. The molecule has 0 aliphatic carbocycles. The largest absolute Gasteiger partial charge is 0.726 e. The molecule has 2 heterocycles. The van der Waals surface area contributed by atoms with E-state index in [4.69, 9.17) is 42.6 Å². The van der Waals surface area contributed by atoms with Crippen molar-refractivity contribution < 1.29 is 79.3 Å². The number of hydrogen-bond donors (Lipinski definition) is 1. The van der Waals surface area contributed by atoms with Crippen molar-refractivity contribution in [2.75, 3.05) is 39.6 Å². The monoisotopic (exact) mass is 1360 g/mol. The van der Waals surface area contributed by atoms with Gasteiger partial charge in [0.15, 0.2) is 24.8 Å². The highest BCUT2D eigenvalue weighted by atomic mass is 32.3. The standard InChI is InChI=1S/C78H124O17S/c1-54(2)28-22-30-56(5)32-24-34-58(7)36-26-38-60(9)46-48-86-50-67(87-49-47-61(10)39-27-37-59(8)35-25-33-57(6)31-23-29-55(3)4)51-89-77-73(94-76(82)66-44-20-15-21-45-66)63(12)71(69(92-77)52-88-74(80)64-40-16-13-17-41-64)95-78-72(93-75(81)65-42-18-14-19-43-65)62(11)70(79)68(91-78)53-90-96(83,84)85/h13-21,40-45,54-63,67-73,77-79H,22-39,46-53H2,1-12H3,(H,83,84,85)/p-1/t56?,57?,58?,59?,60?,61?,62-,63-,67?,68?,69?,70+,71-,72?,73?,77+,78-/m0/s1.